The van der Waals surface area contributed by atoms with Gasteiger partial charge in [0.25, 0.3) is 0 Å². The van der Waals surface area contributed by atoms with Gasteiger partial charge in [-0.25, -0.2) is 0 Å². The number of hydrogen-bond donors (Lipinski definition) is 2. The van der Waals surface area contributed by atoms with Crippen LogP contribution < -0.4 is 0 Å². The third-order valence-corrected chi connectivity index (χ3v) is 9.15. The third-order valence-electron chi connectivity index (χ3n) is 9.15. The topological polar surface area (TPSA) is 56.2 Å². The van der Waals surface area contributed by atoms with Crippen LogP contribution in [0, 0.1) is 41.4 Å². The lowest BCUT2D eigenvalue weighted by Crippen LogP contribution is -2.55. The molecule has 3 fully saturated rings. The summed E-state index contributed by atoms with van der Waals surface area (Å²) < 4.78 is 6.62. The van der Waals surface area contributed by atoms with Crippen LogP contribution in [0.15, 0.2) is 0 Å². The Bertz CT molecular complexity index is 487. The second kappa shape index (κ2) is 11.0. The van der Waals surface area contributed by atoms with Gasteiger partial charge in [-0.15, -0.1) is 0 Å². The molecule has 6 atom stereocenters. The van der Waals surface area contributed by atoms with Gasteiger partial charge >= 0.3 is 0 Å². The van der Waals surface area contributed by atoms with Crippen molar-refractivity contribution in [2.75, 3.05) is 6.61 Å². The van der Waals surface area contributed by atoms with Crippen molar-refractivity contribution in [2.45, 2.75) is 124 Å². The molecule has 0 saturated carbocycles. The molecule has 3 saturated heterocycles. The molecule has 0 spiro atoms. The summed E-state index contributed by atoms with van der Waals surface area (Å²) in [6.07, 6.45) is 6.99. The molecule has 5 heteroatoms. The maximum Gasteiger partial charge on any atom is 0.0604 e. The molecule has 5 nitrogen and oxygen atoms in total. The highest BCUT2D eigenvalue weighted by atomic mass is 16.5. The van der Waals surface area contributed by atoms with E-state index < -0.39 is 0 Å². The minimum atomic E-state index is 0.231. The predicted molar refractivity (Wildman–Crippen MR) is 130 cm³/mol. The molecule has 32 heavy (non-hydrogen) atoms. The highest BCUT2D eigenvalue weighted by molar-refractivity contribution is 4.94. The molecule has 0 radical (unpaired) electrons. The normalized spacial score (nSPS) is 40.7. The number of nitrogens with zero attached hydrogens (tertiary/aromatic N) is 2. The second-order valence-corrected chi connectivity index (χ2v) is 12.7. The fraction of sp³-hybridized carbons (Fsp3) is 1.00. The average Bonchev–Trinajstić information content (AvgIpc) is 2.73. The van der Waals surface area contributed by atoms with Crippen LogP contribution in [0.25, 0.3) is 0 Å². The van der Waals surface area contributed by atoms with E-state index in [1.54, 1.807) is 10.1 Å². The summed E-state index contributed by atoms with van der Waals surface area (Å²) in [6.45, 7) is 18.8. The molecular weight excluding hydrogens is 400 g/mol. The molecule has 0 aromatic heterocycles. The monoisotopic (exact) mass is 452 g/mol. The zero-order chi connectivity index (χ0) is 23.7. The molecular formula is C27H52N2O3. The van der Waals surface area contributed by atoms with E-state index in [4.69, 9.17) is 4.74 Å². The van der Waals surface area contributed by atoms with E-state index in [0.717, 1.165) is 38.7 Å². The lowest BCUT2D eigenvalue weighted by Gasteiger charge is -2.50. The van der Waals surface area contributed by atoms with Crippen molar-refractivity contribution in [1.29, 1.82) is 0 Å². The number of ether oxygens (including phenoxy) is 1. The molecule has 2 N–H and O–H groups in total. The number of piperidine rings is 2. The van der Waals surface area contributed by atoms with Crippen LogP contribution in [0.4, 0.5) is 0 Å². The molecule has 0 amide bonds. The van der Waals surface area contributed by atoms with Crippen LogP contribution in [-0.4, -0.2) is 57.4 Å². The third kappa shape index (κ3) is 5.71. The fourth-order valence-electron chi connectivity index (χ4n) is 6.89. The van der Waals surface area contributed by atoms with Gasteiger partial charge in [0.2, 0.25) is 0 Å². The van der Waals surface area contributed by atoms with E-state index in [9.17, 15) is 10.4 Å². The van der Waals surface area contributed by atoms with Crippen LogP contribution in [0.1, 0.15) is 93.9 Å². The lowest BCUT2D eigenvalue weighted by molar-refractivity contribution is -0.222. The standard InChI is InChI=1S/C27H52N2O3/c1-16(2)23-11-21(12-24(17(3)4)28(23)30)20-9-10-27(32-15-20)22-13-25(18(5)6)29(31)26(14-22)19(7)8/h16-27,30-31H,9-15H2,1-8H3. The molecule has 3 heterocycles. The molecule has 0 aromatic carbocycles. The lowest BCUT2D eigenvalue weighted by atomic mass is 9.71. The Morgan fingerprint density at radius 1 is 0.562 bits per heavy atom. The van der Waals surface area contributed by atoms with Gasteiger partial charge in [-0.3, -0.25) is 0 Å². The van der Waals surface area contributed by atoms with Crippen molar-refractivity contribution in [2.24, 2.45) is 41.4 Å². The molecule has 188 valence electrons. The Labute approximate surface area is 197 Å². The van der Waals surface area contributed by atoms with E-state index in [1.807, 2.05) is 0 Å². The zero-order valence-corrected chi connectivity index (χ0v) is 22.1. The number of hydroxylamine groups is 4. The molecule has 3 aliphatic rings. The fourth-order valence-corrected chi connectivity index (χ4v) is 6.89. The smallest absolute Gasteiger partial charge is 0.0604 e. The van der Waals surface area contributed by atoms with Crippen molar-refractivity contribution in [1.82, 2.24) is 10.1 Å². The van der Waals surface area contributed by atoms with Crippen LogP contribution in [0.5, 0.6) is 0 Å². The van der Waals surface area contributed by atoms with E-state index in [0.29, 0.717) is 47.5 Å². The van der Waals surface area contributed by atoms with Crippen LogP contribution in [0.2, 0.25) is 0 Å². The highest BCUT2D eigenvalue weighted by Crippen LogP contribution is 2.43. The van der Waals surface area contributed by atoms with E-state index in [-0.39, 0.29) is 24.2 Å². The zero-order valence-electron chi connectivity index (χ0n) is 22.1. The van der Waals surface area contributed by atoms with Crippen molar-refractivity contribution in [3.05, 3.63) is 0 Å². The highest BCUT2D eigenvalue weighted by Gasteiger charge is 2.44. The Morgan fingerprint density at radius 2 is 0.938 bits per heavy atom. The van der Waals surface area contributed by atoms with Gasteiger partial charge in [-0.2, -0.15) is 10.1 Å². The van der Waals surface area contributed by atoms with E-state index in [1.165, 1.54) is 6.42 Å². The number of rotatable bonds is 6. The quantitative estimate of drug-likeness (QED) is 0.511. The number of hydrogen-bond acceptors (Lipinski definition) is 5. The summed E-state index contributed by atoms with van der Waals surface area (Å²) in [7, 11) is 0. The summed E-state index contributed by atoms with van der Waals surface area (Å²) in [6, 6.07) is 0.975. The Morgan fingerprint density at radius 3 is 1.25 bits per heavy atom. The van der Waals surface area contributed by atoms with Gasteiger partial charge < -0.3 is 15.2 Å². The van der Waals surface area contributed by atoms with E-state index >= 15 is 0 Å². The second-order valence-electron chi connectivity index (χ2n) is 12.7. The Balaban J connectivity index is 1.62. The minimum absolute atomic E-state index is 0.231. The van der Waals surface area contributed by atoms with Crippen molar-refractivity contribution >= 4 is 0 Å². The first kappa shape index (κ1) is 26.4. The molecule has 3 aliphatic heterocycles. The Kier molecular flexibility index (Phi) is 9.10. The first-order valence-corrected chi connectivity index (χ1v) is 13.6. The molecule has 0 aromatic rings. The molecule has 3 rings (SSSR count). The summed E-state index contributed by atoms with van der Waals surface area (Å²) in [5, 5.41) is 25.0. The van der Waals surface area contributed by atoms with Gasteiger partial charge in [-0.1, -0.05) is 55.4 Å². The van der Waals surface area contributed by atoms with Gasteiger partial charge in [0.05, 0.1) is 12.7 Å². The molecule has 0 aliphatic carbocycles. The summed E-state index contributed by atoms with van der Waals surface area (Å²) in [4.78, 5) is 0. The largest absolute Gasteiger partial charge is 0.378 e. The van der Waals surface area contributed by atoms with Crippen molar-refractivity contribution in [3.8, 4) is 0 Å². The maximum atomic E-state index is 10.8. The van der Waals surface area contributed by atoms with Gasteiger partial charge in [0, 0.05) is 24.2 Å². The summed E-state index contributed by atoms with van der Waals surface area (Å²) in [5.74, 6) is 3.63. The van der Waals surface area contributed by atoms with Gasteiger partial charge in [0.15, 0.2) is 0 Å². The van der Waals surface area contributed by atoms with Gasteiger partial charge in [-0.05, 0) is 80.0 Å². The van der Waals surface area contributed by atoms with Gasteiger partial charge in [0.1, 0.15) is 0 Å². The molecule has 0 bridgehead atoms. The predicted octanol–water partition coefficient (Wildman–Crippen LogP) is 6.08. The van der Waals surface area contributed by atoms with Crippen LogP contribution in [-0.2, 0) is 4.74 Å². The summed E-state index contributed by atoms with van der Waals surface area (Å²) >= 11 is 0. The maximum absolute atomic E-state index is 10.8. The van der Waals surface area contributed by atoms with E-state index in [2.05, 4.69) is 55.4 Å². The first-order valence-electron chi connectivity index (χ1n) is 13.6. The first-order chi connectivity index (χ1) is 15.0. The average molecular weight is 453 g/mol. The van der Waals surface area contributed by atoms with Crippen molar-refractivity contribution in [3.63, 3.8) is 0 Å². The minimum Gasteiger partial charge on any atom is -0.378 e. The Hall–Kier alpha value is -0.200. The molecule has 6 unspecified atom stereocenters. The van der Waals surface area contributed by atoms with Crippen LogP contribution in [0.3, 0.4) is 0 Å². The van der Waals surface area contributed by atoms with Crippen molar-refractivity contribution < 1.29 is 15.2 Å². The van der Waals surface area contributed by atoms with Crippen LogP contribution >= 0.6 is 0 Å². The summed E-state index contributed by atoms with van der Waals surface area (Å²) in [5.41, 5.74) is 0. The SMILES string of the molecule is CC(C)C1CC(C2CCC(C3CC(C(C)C)N(O)C(C(C)C)C3)OC2)CC(C(C)C)N1O.